The molecule has 5 N–H and O–H groups in total. The first kappa shape index (κ1) is 14.7. The van der Waals surface area contributed by atoms with Crippen LogP contribution in [-0.4, -0.2) is 52.7 Å². The van der Waals surface area contributed by atoms with Gasteiger partial charge in [0.25, 0.3) is 0 Å². The Hall–Kier alpha value is -2.32. The van der Waals surface area contributed by atoms with Gasteiger partial charge in [0.1, 0.15) is 6.04 Å². The van der Waals surface area contributed by atoms with Crippen LogP contribution in [0.1, 0.15) is 19.3 Å². The van der Waals surface area contributed by atoms with E-state index in [9.17, 15) is 19.2 Å². The number of hydrogen-bond donors (Lipinski definition) is 5. The van der Waals surface area contributed by atoms with Gasteiger partial charge >= 0.3 is 18.0 Å². The lowest BCUT2D eigenvalue weighted by atomic mass is 10.1. The summed E-state index contributed by atoms with van der Waals surface area (Å²) in [5.74, 6) is -2.64. The van der Waals surface area contributed by atoms with Crippen molar-refractivity contribution < 1.29 is 29.4 Å². The van der Waals surface area contributed by atoms with Gasteiger partial charge in [-0.2, -0.15) is 0 Å². The predicted molar refractivity (Wildman–Crippen MR) is 61.4 cm³/mol. The van der Waals surface area contributed by atoms with E-state index in [2.05, 4.69) is 16.0 Å². The van der Waals surface area contributed by atoms with Gasteiger partial charge < -0.3 is 26.2 Å². The molecule has 0 radical (unpaired) electrons. The second-order valence-electron chi connectivity index (χ2n) is 4.15. The molecule has 0 saturated carbocycles. The lowest BCUT2D eigenvalue weighted by Crippen LogP contribution is -2.49. The molecule has 2 atom stereocenters. The number of hydrogen-bond acceptors (Lipinski definition) is 4. The molecule has 0 aromatic heterocycles. The summed E-state index contributed by atoms with van der Waals surface area (Å²) < 4.78 is 0. The van der Waals surface area contributed by atoms with Crippen molar-refractivity contribution in [1.82, 2.24) is 16.0 Å². The zero-order valence-corrected chi connectivity index (χ0v) is 10.0. The van der Waals surface area contributed by atoms with Crippen LogP contribution in [0.15, 0.2) is 0 Å². The molecule has 0 aliphatic carbocycles. The van der Waals surface area contributed by atoms with Crippen LogP contribution < -0.4 is 16.0 Å². The average molecular weight is 273 g/mol. The number of aliphatic carboxylic acids is 2. The van der Waals surface area contributed by atoms with E-state index in [4.69, 9.17) is 10.2 Å². The summed E-state index contributed by atoms with van der Waals surface area (Å²) >= 11 is 0. The molecule has 0 bridgehead atoms. The van der Waals surface area contributed by atoms with E-state index in [0.717, 1.165) is 0 Å². The Balaban J connectivity index is 2.40. The summed E-state index contributed by atoms with van der Waals surface area (Å²) in [6.07, 6.45) is -0.430. The van der Waals surface area contributed by atoms with E-state index in [1.54, 1.807) is 0 Å². The predicted octanol–water partition coefficient (Wildman–Crippen LogP) is -1.51. The van der Waals surface area contributed by atoms with Crippen LogP contribution in [0, 0.1) is 0 Å². The van der Waals surface area contributed by atoms with Crippen LogP contribution in [0.3, 0.4) is 0 Å². The summed E-state index contributed by atoms with van der Waals surface area (Å²) in [5.41, 5.74) is 0. The Morgan fingerprint density at radius 2 is 2.05 bits per heavy atom. The fraction of sp³-hybridized carbons (Fsp3) is 0.600. The molecule has 1 unspecified atom stereocenters. The highest BCUT2D eigenvalue weighted by Gasteiger charge is 2.25. The number of rotatable bonds is 6. The summed E-state index contributed by atoms with van der Waals surface area (Å²) in [6.45, 7) is 0.291. The normalized spacial score (nSPS) is 19.4. The quantitative estimate of drug-likeness (QED) is 0.398. The molecule has 1 aliphatic rings. The lowest BCUT2D eigenvalue weighted by Gasteiger charge is -2.16. The van der Waals surface area contributed by atoms with Crippen molar-refractivity contribution in [3.63, 3.8) is 0 Å². The van der Waals surface area contributed by atoms with E-state index in [1.165, 1.54) is 0 Å². The van der Waals surface area contributed by atoms with Gasteiger partial charge in [-0.1, -0.05) is 0 Å². The zero-order valence-electron chi connectivity index (χ0n) is 10.0. The molecule has 0 spiro atoms. The minimum atomic E-state index is -1.31. The van der Waals surface area contributed by atoms with Crippen LogP contribution >= 0.6 is 0 Å². The second kappa shape index (κ2) is 6.57. The molecule has 1 aliphatic heterocycles. The molecule has 3 amide bonds. The van der Waals surface area contributed by atoms with Gasteiger partial charge in [0.15, 0.2) is 0 Å². The number of carboxylic acid groups (broad SMARTS) is 2. The summed E-state index contributed by atoms with van der Waals surface area (Å²) in [5, 5.41) is 24.4. The highest BCUT2D eigenvalue weighted by molar-refractivity contribution is 5.84. The smallest absolute Gasteiger partial charge is 0.326 e. The van der Waals surface area contributed by atoms with Crippen molar-refractivity contribution in [3.8, 4) is 0 Å². The minimum absolute atomic E-state index is 0.139. The largest absolute Gasteiger partial charge is 0.481 e. The Morgan fingerprint density at radius 1 is 1.37 bits per heavy atom. The number of carbonyl (C=O) groups excluding carboxylic acids is 2. The van der Waals surface area contributed by atoms with Crippen molar-refractivity contribution in [2.45, 2.75) is 31.3 Å². The number of urea groups is 1. The van der Waals surface area contributed by atoms with Crippen molar-refractivity contribution in [2.75, 3.05) is 6.54 Å². The maximum absolute atomic E-state index is 11.5. The SMILES string of the molecule is O=C(O)CC[C@H](NC(=O)NC1CNC(=O)C1)C(=O)O. The second-order valence-corrected chi connectivity index (χ2v) is 4.15. The molecule has 106 valence electrons. The number of nitrogens with one attached hydrogen (secondary N) is 3. The van der Waals surface area contributed by atoms with Crippen molar-refractivity contribution in [1.29, 1.82) is 0 Å². The van der Waals surface area contributed by atoms with Crippen LogP contribution in [0.4, 0.5) is 4.79 Å². The third kappa shape index (κ3) is 5.23. The number of carboxylic acids is 2. The third-order valence-electron chi connectivity index (χ3n) is 2.56. The van der Waals surface area contributed by atoms with Gasteiger partial charge in [-0.05, 0) is 6.42 Å². The van der Waals surface area contributed by atoms with Gasteiger partial charge in [0, 0.05) is 19.4 Å². The van der Waals surface area contributed by atoms with Gasteiger partial charge in [-0.25, -0.2) is 9.59 Å². The van der Waals surface area contributed by atoms with Crippen LogP contribution in [-0.2, 0) is 14.4 Å². The van der Waals surface area contributed by atoms with Crippen molar-refractivity contribution in [2.24, 2.45) is 0 Å². The highest BCUT2D eigenvalue weighted by Crippen LogP contribution is 2.01. The Morgan fingerprint density at radius 3 is 2.53 bits per heavy atom. The molecule has 0 aromatic carbocycles. The fourth-order valence-corrected chi connectivity index (χ4v) is 1.62. The topological polar surface area (TPSA) is 145 Å². The van der Waals surface area contributed by atoms with Gasteiger partial charge in [0.05, 0.1) is 6.04 Å². The van der Waals surface area contributed by atoms with Crippen molar-refractivity contribution >= 4 is 23.9 Å². The molecular formula is C10H15N3O6. The average Bonchev–Trinajstić information content (AvgIpc) is 2.69. The van der Waals surface area contributed by atoms with Crippen LogP contribution in [0.25, 0.3) is 0 Å². The molecule has 1 fully saturated rings. The summed E-state index contributed by atoms with van der Waals surface area (Å²) in [4.78, 5) is 43.6. The van der Waals surface area contributed by atoms with Gasteiger partial charge in [-0.3, -0.25) is 9.59 Å². The molecule has 9 heteroatoms. The molecule has 19 heavy (non-hydrogen) atoms. The number of carbonyl (C=O) groups is 4. The Bertz CT molecular complexity index is 397. The van der Waals surface area contributed by atoms with Crippen LogP contribution in [0.2, 0.25) is 0 Å². The van der Waals surface area contributed by atoms with E-state index < -0.39 is 24.0 Å². The minimum Gasteiger partial charge on any atom is -0.481 e. The first-order chi connectivity index (χ1) is 8.88. The molecule has 0 aromatic rings. The van der Waals surface area contributed by atoms with E-state index in [0.29, 0.717) is 6.54 Å². The summed E-state index contributed by atoms with van der Waals surface area (Å²) in [6, 6.07) is -2.40. The Kier molecular flexibility index (Phi) is 5.10. The van der Waals surface area contributed by atoms with Gasteiger partial charge in [0.2, 0.25) is 5.91 Å². The third-order valence-corrected chi connectivity index (χ3v) is 2.56. The maximum atomic E-state index is 11.5. The maximum Gasteiger partial charge on any atom is 0.326 e. The van der Waals surface area contributed by atoms with E-state index >= 15 is 0 Å². The van der Waals surface area contributed by atoms with Crippen molar-refractivity contribution in [3.05, 3.63) is 0 Å². The summed E-state index contributed by atoms with van der Waals surface area (Å²) in [7, 11) is 0. The fourth-order valence-electron chi connectivity index (χ4n) is 1.62. The van der Waals surface area contributed by atoms with E-state index in [1.807, 2.05) is 0 Å². The molecular weight excluding hydrogens is 258 g/mol. The molecule has 9 nitrogen and oxygen atoms in total. The molecule has 1 heterocycles. The van der Waals surface area contributed by atoms with Crippen LogP contribution in [0.5, 0.6) is 0 Å². The van der Waals surface area contributed by atoms with E-state index in [-0.39, 0.29) is 31.2 Å². The van der Waals surface area contributed by atoms with Gasteiger partial charge in [-0.15, -0.1) is 0 Å². The monoisotopic (exact) mass is 273 g/mol. The highest BCUT2D eigenvalue weighted by atomic mass is 16.4. The molecule has 1 rings (SSSR count). The zero-order chi connectivity index (χ0) is 14.4. The first-order valence-electron chi connectivity index (χ1n) is 5.67. The number of amides is 3. The molecule has 1 saturated heterocycles. The first-order valence-corrected chi connectivity index (χ1v) is 5.67. The standard InChI is InChI=1S/C10H15N3O6/c14-7-3-5(4-11-7)12-10(19)13-6(9(17)18)1-2-8(15)16/h5-6H,1-4H2,(H,11,14)(H,15,16)(H,17,18)(H2,12,13,19)/t5?,6-/m0/s1. The lowest BCUT2D eigenvalue weighted by molar-refractivity contribution is -0.140. The Labute approximate surface area is 108 Å².